The number of amides is 1. The van der Waals surface area contributed by atoms with Crippen LogP contribution in [0.25, 0.3) is 0 Å². The average molecular weight is 270 g/mol. The summed E-state index contributed by atoms with van der Waals surface area (Å²) in [6, 6.07) is 0. The third-order valence-electron chi connectivity index (χ3n) is 3.39. The highest BCUT2D eigenvalue weighted by Crippen LogP contribution is 2.01. The van der Waals surface area contributed by atoms with Crippen LogP contribution in [0.1, 0.15) is 19.8 Å². The van der Waals surface area contributed by atoms with E-state index in [1.54, 1.807) is 0 Å². The number of carbonyl (C=O) groups excluding carboxylic acids is 1. The topological polar surface area (TPSA) is 32.3 Å². The number of nitrogens with one attached hydrogen (secondary N) is 1. The highest BCUT2D eigenvalue weighted by Gasteiger charge is 2.14. The highest BCUT2D eigenvalue weighted by molar-refractivity contribution is 6.41. The number of quaternary nitrogens is 1. The summed E-state index contributed by atoms with van der Waals surface area (Å²) in [7, 11) is 9.78. The van der Waals surface area contributed by atoms with Gasteiger partial charge >= 0.3 is 0 Å². The molecule has 4 nitrogen and oxygen atoms in total. The Balaban J connectivity index is 3.59. The van der Waals surface area contributed by atoms with Crippen molar-refractivity contribution in [2.24, 2.45) is 0 Å². The molecule has 0 saturated heterocycles. The Kier molecular flexibility index (Phi) is 9.97. The van der Waals surface area contributed by atoms with Crippen LogP contribution in [-0.4, -0.2) is 76.9 Å². The Bertz CT molecular complexity index is 245. The van der Waals surface area contributed by atoms with E-state index < -0.39 is 0 Å². The Morgan fingerprint density at radius 3 is 2.42 bits per heavy atom. The van der Waals surface area contributed by atoms with E-state index in [2.05, 4.69) is 45.3 Å². The molecule has 1 N–H and O–H groups in total. The van der Waals surface area contributed by atoms with Crippen LogP contribution in [-0.2, 0) is 4.79 Å². The maximum Gasteiger partial charge on any atom is 0.212 e. The maximum atomic E-state index is 11.5. The summed E-state index contributed by atoms with van der Waals surface area (Å²) in [6.45, 7) is 6.40. The third kappa shape index (κ3) is 12.2. The Morgan fingerprint density at radius 1 is 1.21 bits per heavy atom. The van der Waals surface area contributed by atoms with Gasteiger partial charge in [-0.25, -0.2) is 0 Å². The quantitative estimate of drug-likeness (QED) is 0.342. The van der Waals surface area contributed by atoms with Crippen molar-refractivity contribution < 1.29 is 9.28 Å². The fraction of sp³-hybridized carbons (Fsp3) is 0.929. The molecule has 0 heterocycles. The summed E-state index contributed by atoms with van der Waals surface area (Å²) >= 11 is 0. The average Bonchev–Trinajstić information content (AvgIpc) is 2.31. The zero-order valence-electron chi connectivity index (χ0n) is 13.7. The molecule has 0 aliphatic heterocycles. The molecule has 0 aromatic heterocycles. The van der Waals surface area contributed by atoms with Crippen molar-refractivity contribution in [3.8, 4) is 0 Å². The predicted molar refractivity (Wildman–Crippen MR) is 85.1 cm³/mol. The molecule has 0 rings (SSSR count). The molecule has 19 heavy (non-hydrogen) atoms. The van der Waals surface area contributed by atoms with Gasteiger partial charge in [-0.1, -0.05) is 13.2 Å². The number of carbonyl (C=O) groups is 1. The van der Waals surface area contributed by atoms with Crippen molar-refractivity contribution in [3.63, 3.8) is 0 Å². The summed E-state index contributed by atoms with van der Waals surface area (Å²) in [5.41, 5.74) is 0. The molecule has 0 fully saturated rings. The van der Waals surface area contributed by atoms with Crippen molar-refractivity contribution in [3.05, 3.63) is 0 Å². The first kappa shape index (κ1) is 18.5. The summed E-state index contributed by atoms with van der Waals surface area (Å²) in [4.78, 5) is 13.7. The van der Waals surface area contributed by atoms with Crippen LogP contribution < -0.4 is 5.32 Å². The summed E-state index contributed by atoms with van der Waals surface area (Å²) in [5, 5.41) is 3.01. The largest absolute Gasteiger partial charge is 0.356 e. The molecule has 0 spiro atoms. The van der Waals surface area contributed by atoms with E-state index in [0.717, 1.165) is 44.1 Å². The monoisotopic (exact) mass is 270 g/mol. The molecule has 0 aliphatic carbocycles. The van der Waals surface area contributed by atoms with Crippen LogP contribution in [0.15, 0.2) is 0 Å². The maximum absolute atomic E-state index is 11.5. The second kappa shape index (κ2) is 10.3. The Hall–Kier alpha value is -0.545. The smallest absolute Gasteiger partial charge is 0.212 e. The summed E-state index contributed by atoms with van der Waals surface area (Å²) < 4.78 is 1.04. The Labute approximate surface area is 120 Å². The number of nitrogens with zero attached hydrogens (tertiary/aromatic N) is 2. The van der Waals surface area contributed by atoms with Gasteiger partial charge in [-0.2, -0.15) is 0 Å². The van der Waals surface area contributed by atoms with Gasteiger partial charge in [0.1, 0.15) is 7.28 Å². The van der Waals surface area contributed by atoms with Gasteiger partial charge in [0.25, 0.3) is 0 Å². The molecule has 0 aromatic carbocycles. The molecule has 0 radical (unpaired) electrons. The fourth-order valence-corrected chi connectivity index (χ4v) is 2.09. The second-order valence-electron chi connectivity index (χ2n) is 6.35. The third-order valence-corrected chi connectivity index (χ3v) is 3.39. The van der Waals surface area contributed by atoms with Crippen molar-refractivity contribution >= 4 is 13.2 Å². The fourth-order valence-electron chi connectivity index (χ4n) is 2.09. The molecule has 0 saturated carbocycles. The minimum atomic E-state index is 0.208. The van der Waals surface area contributed by atoms with Crippen molar-refractivity contribution in [1.29, 1.82) is 0 Å². The summed E-state index contributed by atoms with van der Waals surface area (Å²) in [5.74, 6) is 0.208. The summed E-state index contributed by atoms with van der Waals surface area (Å²) in [6.07, 6.45) is 4.05. The number of rotatable bonds is 11. The zero-order chi connectivity index (χ0) is 14.7. The van der Waals surface area contributed by atoms with Gasteiger partial charge in [0.2, 0.25) is 5.91 Å². The van der Waals surface area contributed by atoms with Crippen molar-refractivity contribution in [1.82, 2.24) is 10.2 Å². The van der Waals surface area contributed by atoms with E-state index >= 15 is 0 Å². The van der Waals surface area contributed by atoms with Crippen LogP contribution in [0.4, 0.5) is 0 Å². The highest BCUT2D eigenvalue weighted by atomic mass is 16.1. The lowest BCUT2D eigenvalue weighted by molar-refractivity contribution is -0.890. The van der Waals surface area contributed by atoms with Gasteiger partial charge in [-0.15, -0.1) is 0 Å². The van der Waals surface area contributed by atoms with Crippen LogP contribution in [0.3, 0.4) is 0 Å². The molecule has 0 aliphatic rings. The van der Waals surface area contributed by atoms with E-state index in [0.29, 0.717) is 6.32 Å². The van der Waals surface area contributed by atoms with Gasteiger partial charge in [-0.3, -0.25) is 4.79 Å². The van der Waals surface area contributed by atoms with Gasteiger partial charge < -0.3 is 14.7 Å². The minimum absolute atomic E-state index is 0.208. The van der Waals surface area contributed by atoms with Crippen LogP contribution in [0.5, 0.6) is 0 Å². The molecule has 5 heteroatoms. The molecule has 0 atom stereocenters. The molecule has 0 bridgehead atoms. The van der Waals surface area contributed by atoms with Crippen LogP contribution in [0.2, 0.25) is 12.6 Å². The van der Waals surface area contributed by atoms with Crippen LogP contribution in [0, 0.1) is 0 Å². The second-order valence-corrected chi connectivity index (χ2v) is 6.35. The standard InChI is InChI=1S/C14H32BN3O/c1-6-15-13-14(19)16-9-7-11-18(4,5)12-8-10-17(2)3/h15H,6-13H2,1-5H3/p+1. The van der Waals surface area contributed by atoms with E-state index in [4.69, 9.17) is 0 Å². The van der Waals surface area contributed by atoms with Gasteiger partial charge in [0, 0.05) is 32.3 Å². The van der Waals surface area contributed by atoms with Gasteiger partial charge in [0.15, 0.2) is 0 Å². The molecule has 0 unspecified atom stereocenters. The first-order valence-electron chi connectivity index (χ1n) is 7.61. The zero-order valence-corrected chi connectivity index (χ0v) is 13.7. The van der Waals surface area contributed by atoms with E-state index in [1.807, 2.05) is 0 Å². The number of hydrogen-bond acceptors (Lipinski definition) is 2. The van der Waals surface area contributed by atoms with Gasteiger partial charge in [-0.05, 0) is 14.1 Å². The van der Waals surface area contributed by atoms with E-state index in [9.17, 15) is 4.79 Å². The van der Waals surface area contributed by atoms with Gasteiger partial charge in [0.05, 0.1) is 27.2 Å². The predicted octanol–water partition coefficient (Wildman–Crippen LogP) is 0.814. The molecule has 1 amide bonds. The lowest BCUT2D eigenvalue weighted by Gasteiger charge is -2.30. The Morgan fingerprint density at radius 2 is 1.84 bits per heavy atom. The normalized spacial score (nSPS) is 11.7. The minimum Gasteiger partial charge on any atom is -0.356 e. The van der Waals surface area contributed by atoms with Crippen molar-refractivity contribution in [2.45, 2.75) is 32.4 Å². The lowest BCUT2D eigenvalue weighted by atomic mass is 9.71. The number of hydrogen-bond donors (Lipinski definition) is 1. The van der Waals surface area contributed by atoms with E-state index in [-0.39, 0.29) is 5.91 Å². The SMILES string of the molecule is CCBCC(=O)NCCC[N+](C)(C)CCCN(C)C. The molecule has 0 aromatic rings. The molecule has 112 valence electrons. The first-order chi connectivity index (χ1) is 8.87. The molecular formula is C14H33BN3O+. The molecular weight excluding hydrogens is 237 g/mol. The van der Waals surface area contributed by atoms with E-state index in [1.165, 1.54) is 13.0 Å². The van der Waals surface area contributed by atoms with Crippen LogP contribution >= 0.6 is 0 Å². The lowest BCUT2D eigenvalue weighted by Crippen LogP contribution is -2.43. The first-order valence-corrected chi connectivity index (χ1v) is 7.61. The van der Waals surface area contributed by atoms with Crippen molar-refractivity contribution in [2.75, 3.05) is 54.4 Å².